The molecule has 0 aliphatic carbocycles. The van der Waals surface area contributed by atoms with Gasteiger partial charge in [-0.15, -0.1) is 0 Å². The summed E-state index contributed by atoms with van der Waals surface area (Å²) in [7, 11) is 0. The molecular formula is C12H18N2O2. The number of rotatable bonds is 4. The highest BCUT2D eigenvalue weighted by Crippen LogP contribution is 2.31. The van der Waals surface area contributed by atoms with E-state index < -0.39 is 0 Å². The van der Waals surface area contributed by atoms with Crippen molar-refractivity contribution >= 4 is 0 Å². The fourth-order valence-corrected chi connectivity index (χ4v) is 1.81. The minimum absolute atomic E-state index is 0.336. The van der Waals surface area contributed by atoms with E-state index in [4.69, 9.17) is 20.9 Å². The van der Waals surface area contributed by atoms with Crippen LogP contribution in [0.5, 0.6) is 11.5 Å². The molecule has 0 radical (unpaired) electrons. The van der Waals surface area contributed by atoms with E-state index in [1.807, 2.05) is 18.2 Å². The van der Waals surface area contributed by atoms with Crippen molar-refractivity contribution in [3.63, 3.8) is 0 Å². The van der Waals surface area contributed by atoms with Gasteiger partial charge in [-0.25, -0.2) is 0 Å². The summed E-state index contributed by atoms with van der Waals surface area (Å²) in [6.45, 7) is 2.48. The summed E-state index contributed by atoms with van der Waals surface area (Å²) in [6, 6.07) is 6.02. The third-order valence-corrected chi connectivity index (χ3v) is 2.80. The van der Waals surface area contributed by atoms with Crippen molar-refractivity contribution in [1.29, 1.82) is 0 Å². The van der Waals surface area contributed by atoms with E-state index in [2.05, 4.69) is 0 Å². The fraction of sp³-hybridized carbons (Fsp3) is 0.500. The molecule has 1 aliphatic heterocycles. The Hall–Kier alpha value is -1.26. The van der Waals surface area contributed by atoms with E-state index in [1.54, 1.807) is 0 Å². The lowest BCUT2D eigenvalue weighted by Crippen LogP contribution is -2.25. The predicted octanol–water partition coefficient (Wildman–Crippen LogP) is 0.534. The summed E-state index contributed by atoms with van der Waals surface area (Å²) in [5.41, 5.74) is 12.5. The van der Waals surface area contributed by atoms with Crippen LogP contribution in [0.15, 0.2) is 18.2 Å². The third-order valence-electron chi connectivity index (χ3n) is 2.80. The first-order valence-electron chi connectivity index (χ1n) is 5.62. The molecule has 1 heterocycles. The summed E-state index contributed by atoms with van der Waals surface area (Å²) in [4.78, 5) is 0. The molecule has 0 aromatic heterocycles. The van der Waals surface area contributed by atoms with Gasteiger partial charge in [0.2, 0.25) is 0 Å². The average Bonchev–Trinajstić information content (AvgIpc) is 2.35. The van der Waals surface area contributed by atoms with Crippen molar-refractivity contribution in [2.45, 2.75) is 6.42 Å². The Morgan fingerprint density at radius 2 is 1.75 bits per heavy atom. The molecule has 16 heavy (non-hydrogen) atoms. The normalized spacial score (nSPS) is 14.2. The van der Waals surface area contributed by atoms with Gasteiger partial charge in [0.15, 0.2) is 11.5 Å². The number of nitrogens with two attached hydrogens (primary N) is 2. The summed E-state index contributed by atoms with van der Waals surface area (Å²) >= 11 is 0. The number of ether oxygens (including phenoxy) is 2. The highest BCUT2D eigenvalue weighted by Gasteiger charge is 2.13. The summed E-state index contributed by atoms with van der Waals surface area (Å²) in [5.74, 6) is 1.99. The summed E-state index contributed by atoms with van der Waals surface area (Å²) < 4.78 is 11.0. The van der Waals surface area contributed by atoms with Crippen LogP contribution in [0.4, 0.5) is 0 Å². The zero-order valence-corrected chi connectivity index (χ0v) is 9.32. The molecule has 1 aliphatic rings. The SMILES string of the molecule is NCC(CN)Cc1ccc2c(c1)OCCO2. The molecular weight excluding hydrogens is 204 g/mol. The quantitative estimate of drug-likeness (QED) is 0.779. The molecule has 2 rings (SSSR count). The topological polar surface area (TPSA) is 70.5 Å². The van der Waals surface area contributed by atoms with Crippen molar-refractivity contribution in [2.24, 2.45) is 17.4 Å². The second-order valence-electron chi connectivity index (χ2n) is 4.02. The van der Waals surface area contributed by atoms with Crippen LogP contribution >= 0.6 is 0 Å². The van der Waals surface area contributed by atoms with Crippen molar-refractivity contribution < 1.29 is 9.47 Å². The zero-order chi connectivity index (χ0) is 11.4. The maximum absolute atomic E-state index is 5.63. The maximum atomic E-state index is 5.63. The van der Waals surface area contributed by atoms with Crippen LogP contribution in [0.1, 0.15) is 5.56 Å². The maximum Gasteiger partial charge on any atom is 0.161 e. The molecule has 0 spiro atoms. The monoisotopic (exact) mass is 222 g/mol. The van der Waals surface area contributed by atoms with Gasteiger partial charge in [0.25, 0.3) is 0 Å². The van der Waals surface area contributed by atoms with E-state index in [0.717, 1.165) is 17.9 Å². The van der Waals surface area contributed by atoms with E-state index in [0.29, 0.717) is 32.2 Å². The van der Waals surface area contributed by atoms with Gasteiger partial charge < -0.3 is 20.9 Å². The highest BCUT2D eigenvalue weighted by molar-refractivity contribution is 5.43. The van der Waals surface area contributed by atoms with Crippen molar-refractivity contribution in [2.75, 3.05) is 26.3 Å². The van der Waals surface area contributed by atoms with Gasteiger partial charge >= 0.3 is 0 Å². The van der Waals surface area contributed by atoms with Gasteiger partial charge in [-0.1, -0.05) is 6.07 Å². The van der Waals surface area contributed by atoms with E-state index in [1.165, 1.54) is 5.56 Å². The standard InChI is InChI=1S/C12H18N2O2/c13-7-10(8-14)5-9-1-2-11-12(6-9)16-4-3-15-11/h1-2,6,10H,3-5,7-8,13-14H2. The number of fused-ring (bicyclic) bond motifs is 1. The Bertz CT molecular complexity index is 351. The van der Waals surface area contributed by atoms with Gasteiger partial charge in [-0.3, -0.25) is 0 Å². The summed E-state index contributed by atoms with van der Waals surface area (Å²) in [5, 5.41) is 0. The van der Waals surface area contributed by atoms with Crippen LogP contribution < -0.4 is 20.9 Å². The molecule has 0 amide bonds. The first-order valence-corrected chi connectivity index (χ1v) is 5.62. The predicted molar refractivity (Wildman–Crippen MR) is 62.7 cm³/mol. The highest BCUT2D eigenvalue weighted by atomic mass is 16.6. The first-order chi connectivity index (χ1) is 7.83. The number of benzene rings is 1. The molecule has 0 bridgehead atoms. The van der Waals surface area contributed by atoms with Crippen molar-refractivity contribution in [3.8, 4) is 11.5 Å². The van der Waals surface area contributed by atoms with Crippen LogP contribution in [-0.4, -0.2) is 26.3 Å². The van der Waals surface area contributed by atoms with Gasteiger partial charge in [0.05, 0.1) is 0 Å². The Morgan fingerprint density at radius 3 is 2.44 bits per heavy atom. The lowest BCUT2D eigenvalue weighted by Gasteiger charge is -2.19. The Kier molecular flexibility index (Phi) is 3.64. The minimum Gasteiger partial charge on any atom is -0.486 e. The van der Waals surface area contributed by atoms with E-state index in [9.17, 15) is 0 Å². The minimum atomic E-state index is 0.336. The van der Waals surface area contributed by atoms with Crippen LogP contribution in [0.25, 0.3) is 0 Å². The van der Waals surface area contributed by atoms with Crippen molar-refractivity contribution in [3.05, 3.63) is 23.8 Å². The van der Waals surface area contributed by atoms with Crippen LogP contribution in [0, 0.1) is 5.92 Å². The second-order valence-corrected chi connectivity index (χ2v) is 4.02. The Morgan fingerprint density at radius 1 is 1.06 bits per heavy atom. The third kappa shape index (κ3) is 2.46. The Balaban J connectivity index is 2.10. The molecule has 4 N–H and O–H groups in total. The molecule has 0 saturated heterocycles. The van der Waals surface area contributed by atoms with Gasteiger partial charge in [-0.05, 0) is 43.1 Å². The molecule has 0 unspecified atom stereocenters. The first kappa shape index (κ1) is 11.2. The van der Waals surface area contributed by atoms with Crippen molar-refractivity contribution in [1.82, 2.24) is 0 Å². The molecule has 0 atom stereocenters. The molecule has 0 saturated carbocycles. The lowest BCUT2D eigenvalue weighted by molar-refractivity contribution is 0.171. The molecule has 1 aromatic carbocycles. The van der Waals surface area contributed by atoms with E-state index in [-0.39, 0.29) is 0 Å². The largest absolute Gasteiger partial charge is 0.486 e. The van der Waals surface area contributed by atoms with E-state index >= 15 is 0 Å². The second kappa shape index (κ2) is 5.18. The number of hydrogen-bond acceptors (Lipinski definition) is 4. The van der Waals surface area contributed by atoms with Crippen LogP contribution in [-0.2, 0) is 6.42 Å². The van der Waals surface area contributed by atoms with Gasteiger partial charge in [0, 0.05) is 0 Å². The smallest absolute Gasteiger partial charge is 0.161 e. The molecule has 88 valence electrons. The molecule has 4 nitrogen and oxygen atoms in total. The average molecular weight is 222 g/mol. The fourth-order valence-electron chi connectivity index (χ4n) is 1.81. The molecule has 1 aromatic rings. The van der Waals surface area contributed by atoms with Gasteiger partial charge in [-0.2, -0.15) is 0 Å². The summed E-state index contributed by atoms with van der Waals surface area (Å²) in [6.07, 6.45) is 0.892. The Labute approximate surface area is 95.5 Å². The van der Waals surface area contributed by atoms with Crippen LogP contribution in [0.3, 0.4) is 0 Å². The van der Waals surface area contributed by atoms with Gasteiger partial charge in [0.1, 0.15) is 13.2 Å². The zero-order valence-electron chi connectivity index (χ0n) is 9.32. The van der Waals surface area contributed by atoms with Crippen LogP contribution in [0.2, 0.25) is 0 Å². The number of hydrogen-bond donors (Lipinski definition) is 2. The lowest BCUT2D eigenvalue weighted by atomic mass is 9.99. The molecule has 0 fully saturated rings. The molecule has 4 heteroatoms.